The molecule has 1 aliphatic rings. The normalized spacial score (nSPS) is 15.5. The summed E-state index contributed by atoms with van der Waals surface area (Å²) in [6.45, 7) is 0. The number of aliphatic carboxylic acids is 2. The van der Waals surface area contributed by atoms with Crippen molar-refractivity contribution in [2.45, 2.75) is 44.2 Å². The molecule has 0 spiro atoms. The Morgan fingerprint density at radius 1 is 1.16 bits per heavy atom. The summed E-state index contributed by atoms with van der Waals surface area (Å²) < 4.78 is 0. The molecule has 1 unspecified atom stereocenters. The molecule has 1 aliphatic heterocycles. The summed E-state index contributed by atoms with van der Waals surface area (Å²) in [5.74, 6) is -1.78. The number of carboxylic acid groups (broad SMARTS) is 2. The van der Waals surface area contributed by atoms with Crippen molar-refractivity contribution in [2.24, 2.45) is 0 Å². The van der Waals surface area contributed by atoms with Gasteiger partial charge in [0.2, 0.25) is 5.95 Å². The predicted molar refractivity (Wildman–Crippen MR) is 112 cm³/mol. The number of carbonyl (C=O) groups excluding carboxylic acids is 1. The van der Waals surface area contributed by atoms with Gasteiger partial charge in [-0.05, 0) is 43.4 Å². The molecule has 3 rings (SSSR count). The lowest BCUT2D eigenvalue weighted by atomic mass is 10.0. The highest BCUT2D eigenvalue weighted by molar-refractivity contribution is 5.96. The fourth-order valence-electron chi connectivity index (χ4n) is 3.44. The summed E-state index contributed by atoms with van der Waals surface area (Å²) in [6, 6.07) is 5.71. The number of hydrogen-bond acceptors (Lipinski definition) is 8. The average Bonchev–Trinajstić information content (AvgIpc) is 3.12. The maximum atomic E-state index is 12.3. The minimum absolute atomic E-state index is 0.131. The Bertz CT molecular complexity index is 994. The molecule has 8 N–H and O–H groups in total. The molecule has 1 aromatic heterocycles. The van der Waals surface area contributed by atoms with Crippen LogP contribution in [-0.4, -0.2) is 50.1 Å². The standard InChI is InChI=1S/C20H24N6O5/c21-16-13-9-12(23-17(13)26-20(22)25-16)6-3-10-1-4-11(5-2-10)18(29)24-14(19(30)31)7-8-15(27)28/h1-2,4-5,12,14H,3,6-9H2,(H,24,29)(H,27,28)(H,30,31)(H5,21,22,23,25,26)/t12?,14-/m0/s1. The SMILES string of the molecule is Nc1nc(N)c2c(n1)NC(CCc1ccc(C(=O)N[C@@H](CCC(=O)O)C(=O)O)cc1)C2. The van der Waals surface area contributed by atoms with E-state index in [9.17, 15) is 14.4 Å². The van der Waals surface area contributed by atoms with Crippen LogP contribution in [0.25, 0.3) is 0 Å². The molecule has 11 heteroatoms. The first-order valence-corrected chi connectivity index (χ1v) is 9.75. The molecule has 31 heavy (non-hydrogen) atoms. The second kappa shape index (κ2) is 9.28. The number of carboxylic acids is 2. The highest BCUT2D eigenvalue weighted by atomic mass is 16.4. The zero-order valence-corrected chi connectivity index (χ0v) is 16.7. The lowest BCUT2D eigenvalue weighted by Gasteiger charge is -2.14. The summed E-state index contributed by atoms with van der Waals surface area (Å²) in [5, 5.41) is 23.5. The largest absolute Gasteiger partial charge is 0.481 e. The van der Waals surface area contributed by atoms with Crippen LogP contribution in [0.2, 0.25) is 0 Å². The van der Waals surface area contributed by atoms with Crippen LogP contribution in [0.15, 0.2) is 24.3 Å². The Hall–Kier alpha value is -3.89. The van der Waals surface area contributed by atoms with E-state index in [1.165, 1.54) is 0 Å². The monoisotopic (exact) mass is 428 g/mol. The maximum Gasteiger partial charge on any atom is 0.326 e. The van der Waals surface area contributed by atoms with E-state index in [4.69, 9.17) is 21.7 Å². The molecule has 1 aromatic carbocycles. The molecule has 2 atom stereocenters. The van der Waals surface area contributed by atoms with Gasteiger partial charge in [-0.1, -0.05) is 12.1 Å². The second-order valence-electron chi connectivity index (χ2n) is 7.37. The lowest BCUT2D eigenvalue weighted by molar-refractivity contribution is -0.140. The van der Waals surface area contributed by atoms with E-state index in [0.717, 1.165) is 24.0 Å². The molecule has 0 saturated heterocycles. The van der Waals surface area contributed by atoms with E-state index in [0.29, 0.717) is 23.6 Å². The van der Waals surface area contributed by atoms with Crippen molar-refractivity contribution in [3.63, 3.8) is 0 Å². The Morgan fingerprint density at radius 2 is 1.87 bits per heavy atom. The fraction of sp³-hybridized carbons (Fsp3) is 0.350. The fourth-order valence-corrected chi connectivity index (χ4v) is 3.44. The third kappa shape index (κ3) is 5.59. The molecule has 2 heterocycles. The van der Waals surface area contributed by atoms with Gasteiger partial charge in [-0.15, -0.1) is 0 Å². The second-order valence-corrected chi connectivity index (χ2v) is 7.37. The summed E-state index contributed by atoms with van der Waals surface area (Å²) >= 11 is 0. The van der Waals surface area contributed by atoms with Crippen molar-refractivity contribution in [1.82, 2.24) is 15.3 Å². The number of nitrogens with zero attached hydrogens (tertiary/aromatic N) is 2. The number of benzene rings is 1. The van der Waals surface area contributed by atoms with Crippen LogP contribution in [0, 0.1) is 0 Å². The quantitative estimate of drug-likeness (QED) is 0.330. The van der Waals surface area contributed by atoms with Crippen LogP contribution in [0.1, 0.15) is 40.7 Å². The minimum Gasteiger partial charge on any atom is -0.481 e. The summed E-state index contributed by atoms with van der Waals surface area (Å²) in [6.07, 6.45) is 1.71. The van der Waals surface area contributed by atoms with Crippen molar-refractivity contribution >= 4 is 35.4 Å². The number of nitrogen functional groups attached to an aromatic ring is 2. The number of hydrogen-bond donors (Lipinski definition) is 6. The number of rotatable bonds is 9. The van der Waals surface area contributed by atoms with Crippen LogP contribution in [0.3, 0.4) is 0 Å². The van der Waals surface area contributed by atoms with Gasteiger partial charge in [0.15, 0.2) is 0 Å². The molecule has 11 nitrogen and oxygen atoms in total. The third-order valence-electron chi connectivity index (χ3n) is 5.10. The minimum atomic E-state index is -1.27. The number of amides is 1. The Morgan fingerprint density at radius 3 is 2.52 bits per heavy atom. The van der Waals surface area contributed by atoms with E-state index >= 15 is 0 Å². The number of nitrogens with one attached hydrogen (secondary N) is 2. The average molecular weight is 428 g/mol. The maximum absolute atomic E-state index is 12.3. The van der Waals surface area contributed by atoms with Crippen molar-refractivity contribution in [1.29, 1.82) is 0 Å². The molecule has 0 fully saturated rings. The zero-order chi connectivity index (χ0) is 22.5. The predicted octanol–water partition coefficient (Wildman–Crippen LogP) is 0.658. The Balaban J connectivity index is 1.53. The number of fused-ring (bicyclic) bond motifs is 1. The number of nitrogens with two attached hydrogens (primary N) is 2. The zero-order valence-electron chi connectivity index (χ0n) is 16.7. The summed E-state index contributed by atoms with van der Waals surface area (Å²) in [5.41, 5.74) is 13.7. The topological polar surface area (TPSA) is 194 Å². The van der Waals surface area contributed by atoms with Gasteiger partial charge in [0.1, 0.15) is 17.7 Å². The van der Waals surface area contributed by atoms with Gasteiger partial charge in [-0.25, -0.2) is 4.79 Å². The van der Waals surface area contributed by atoms with Gasteiger partial charge in [-0.2, -0.15) is 9.97 Å². The molecule has 164 valence electrons. The van der Waals surface area contributed by atoms with Gasteiger partial charge in [-0.3, -0.25) is 9.59 Å². The van der Waals surface area contributed by atoms with E-state index in [-0.39, 0.29) is 24.8 Å². The van der Waals surface area contributed by atoms with E-state index in [1.807, 2.05) is 0 Å². The number of aryl methyl sites for hydroxylation is 1. The molecule has 0 radical (unpaired) electrons. The highest BCUT2D eigenvalue weighted by Gasteiger charge is 2.25. The van der Waals surface area contributed by atoms with Gasteiger partial charge in [0, 0.05) is 23.6 Å². The molecule has 1 amide bonds. The van der Waals surface area contributed by atoms with Crippen LogP contribution in [0.5, 0.6) is 0 Å². The molecule has 0 aliphatic carbocycles. The first kappa shape index (κ1) is 21.8. The Labute approximate surface area is 177 Å². The van der Waals surface area contributed by atoms with Crippen molar-refractivity contribution in [2.75, 3.05) is 16.8 Å². The lowest BCUT2D eigenvalue weighted by Crippen LogP contribution is -2.41. The van der Waals surface area contributed by atoms with Crippen LogP contribution in [0.4, 0.5) is 17.6 Å². The summed E-state index contributed by atoms with van der Waals surface area (Å²) in [4.78, 5) is 42.3. The highest BCUT2D eigenvalue weighted by Crippen LogP contribution is 2.30. The number of anilines is 3. The molecular formula is C20H24N6O5. The molecule has 0 saturated carbocycles. The van der Waals surface area contributed by atoms with Crippen LogP contribution < -0.4 is 22.1 Å². The summed E-state index contributed by atoms with van der Waals surface area (Å²) in [7, 11) is 0. The van der Waals surface area contributed by atoms with Crippen LogP contribution in [-0.2, 0) is 22.4 Å². The van der Waals surface area contributed by atoms with Gasteiger partial charge in [0.05, 0.1) is 0 Å². The smallest absolute Gasteiger partial charge is 0.326 e. The molecule has 2 aromatic rings. The van der Waals surface area contributed by atoms with Crippen molar-refractivity contribution < 1.29 is 24.6 Å². The van der Waals surface area contributed by atoms with Crippen molar-refractivity contribution in [3.05, 3.63) is 41.0 Å². The molecule has 0 bridgehead atoms. The Kier molecular flexibility index (Phi) is 6.53. The van der Waals surface area contributed by atoms with E-state index in [1.54, 1.807) is 24.3 Å². The van der Waals surface area contributed by atoms with Gasteiger partial charge < -0.3 is 32.3 Å². The number of aromatic nitrogens is 2. The first-order valence-electron chi connectivity index (χ1n) is 9.75. The van der Waals surface area contributed by atoms with Crippen molar-refractivity contribution in [3.8, 4) is 0 Å². The number of carbonyl (C=O) groups is 3. The van der Waals surface area contributed by atoms with E-state index < -0.39 is 23.9 Å². The van der Waals surface area contributed by atoms with Crippen LogP contribution >= 0.6 is 0 Å². The first-order chi connectivity index (χ1) is 14.7. The third-order valence-corrected chi connectivity index (χ3v) is 5.10. The van der Waals surface area contributed by atoms with Gasteiger partial charge >= 0.3 is 11.9 Å². The van der Waals surface area contributed by atoms with Gasteiger partial charge in [0.25, 0.3) is 5.91 Å². The van der Waals surface area contributed by atoms with E-state index in [2.05, 4.69) is 20.6 Å². The molecular weight excluding hydrogens is 404 g/mol.